The number of hydrogen-bond acceptors (Lipinski definition) is 6. The second kappa shape index (κ2) is 10.2. The second-order valence-corrected chi connectivity index (χ2v) is 8.19. The van der Waals surface area contributed by atoms with Gasteiger partial charge in [0.2, 0.25) is 0 Å². The van der Waals surface area contributed by atoms with Crippen LogP contribution in [0.25, 0.3) is 11.4 Å². The number of amides is 1. The number of aromatic nitrogens is 2. The van der Waals surface area contributed by atoms with Crippen LogP contribution in [0, 0.1) is 0 Å². The molecule has 1 N–H and O–H groups in total. The summed E-state index contributed by atoms with van der Waals surface area (Å²) in [4.78, 5) is 31.3. The Balaban J connectivity index is 2.00. The fraction of sp³-hybridized carbons (Fsp3) is 0.500. The molecule has 2 atom stereocenters. The Kier molecular flexibility index (Phi) is 7.77. The van der Waals surface area contributed by atoms with E-state index in [1.165, 1.54) is 29.7 Å². The highest BCUT2D eigenvalue weighted by atomic mass is 35.5. The Labute approximate surface area is 199 Å². The number of halogens is 4. The van der Waals surface area contributed by atoms with Crippen molar-refractivity contribution in [2.75, 3.05) is 32.1 Å². The van der Waals surface area contributed by atoms with Crippen LogP contribution in [-0.2, 0) is 29.1 Å². The van der Waals surface area contributed by atoms with Crippen molar-refractivity contribution in [1.29, 1.82) is 0 Å². The minimum absolute atomic E-state index is 0.148. The molecule has 1 aliphatic rings. The summed E-state index contributed by atoms with van der Waals surface area (Å²) in [5.74, 6) is 0.148. The maximum atomic E-state index is 13.3. The summed E-state index contributed by atoms with van der Waals surface area (Å²) in [5, 5.41) is 3.02. The molecule has 0 bridgehead atoms. The van der Waals surface area contributed by atoms with Gasteiger partial charge in [-0.3, -0.25) is 9.36 Å². The van der Waals surface area contributed by atoms with Gasteiger partial charge in [0, 0.05) is 25.8 Å². The number of carbonyl (C=O) groups excluding carboxylic acids is 1. The number of hydrogen-bond donors (Lipinski definition) is 1. The first-order valence-electron chi connectivity index (χ1n) is 10.7. The number of carbonyl (C=O) groups is 1. The van der Waals surface area contributed by atoms with E-state index in [0.29, 0.717) is 25.3 Å². The van der Waals surface area contributed by atoms with Crippen LogP contribution < -0.4 is 10.9 Å². The Hall–Kier alpha value is -2.79. The third kappa shape index (κ3) is 5.15. The van der Waals surface area contributed by atoms with E-state index >= 15 is 0 Å². The van der Waals surface area contributed by atoms with Crippen LogP contribution in [0.4, 0.5) is 23.7 Å². The summed E-state index contributed by atoms with van der Waals surface area (Å²) in [6.07, 6.45) is -5.04. The maximum Gasteiger partial charge on any atom is 0.416 e. The van der Waals surface area contributed by atoms with Gasteiger partial charge in [-0.1, -0.05) is 18.5 Å². The van der Waals surface area contributed by atoms with Crippen LogP contribution in [0.1, 0.15) is 25.1 Å². The molecule has 12 heteroatoms. The minimum Gasteiger partial charge on any atom is -0.453 e. The topological polar surface area (TPSA) is 85.7 Å². The van der Waals surface area contributed by atoms with Gasteiger partial charge in [-0.25, -0.2) is 9.78 Å². The van der Waals surface area contributed by atoms with Crippen LogP contribution >= 0.6 is 11.6 Å². The summed E-state index contributed by atoms with van der Waals surface area (Å²) in [6.45, 7) is 4.61. The summed E-state index contributed by atoms with van der Waals surface area (Å²) < 4.78 is 50.8. The maximum absolute atomic E-state index is 13.3. The quantitative estimate of drug-likeness (QED) is 0.644. The number of methoxy groups -OCH3 is 1. The lowest BCUT2D eigenvalue weighted by Gasteiger charge is -2.22. The molecule has 1 fully saturated rings. The highest BCUT2D eigenvalue weighted by molar-refractivity contribution is 6.33. The smallest absolute Gasteiger partial charge is 0.416 e. The van der Waals surface area contributed by atoms with Crippen LogP contribution in [0.15, 0.2) is 23.0 Å². The van der Waals surface area contributed by atoms with Gasteiger partial charge in [-0.05, 0) is 31.5 Å². The fourth-order valence-corrected chi connectivity index (χ4v) is 4.18. The minimum atomic E-state index is -4.54. The fourth-order valence-electron chi connectivity index (χ4n) is 3.92. The van der Waals surface area contributed by atoms with E-state index in [4.69, 9.17) is 21.1 Å². The van der Waals surface area contributed by atoms with Crippen molar-refractivity contribution in [1.82, 2.24) is 14.5 Å². The Morgan fingerprint density at radius 3 is 2.56 bits per heavy atom. The van der Waals surface area contributed by atoms with Crippen molar-refractivity contribution in [2.45, 2.75) is 38.6 Å². The van der Waals surface area contributed by atoms with Crippen LogP contribution in [-0.4, -0.2) is 59.5 Å². The molecule has 1 aromatic carbocycles. The number of anilines is 1. The number of alkyl halides is 3. The Morgan fingerprint density at radius 2 is 2.00 bits per heavy atom. The average Bonchev–Trinajstić information content (AvgIpc) is 3.19. The second-order valence-electron chi connectivity index (χ2n) is 7.79. The molecule has 34 heavy (non-hydrogen) atoms. The van der Waals surface area contributed by atoms with Crippen molar-refractivity contribution >= 4 is 23.4 Å². The molecule has 2 aromatic rings. The summed E-state index contributed by atoms with van der Waals surface area (Å²) >= 11 is 6.14. The van der Waals surface area contributed by atoms with E-state index in [-0.39, 0.29) is 40.8 Å². The summed E-state index contributed by atoms with van der Waals surface area (Å²) in [6, 6.07) is 2.53. The molecule has 1 aliphatic heterocycles. The van der Waals surface area contributed by atoms with Crippen molar-refractivity contribution in [3.05, 3.63) is 44.8 Å². The predicted molar refractivity (Wildman–Crippen MR) is 121 cm³/mol. The first kappa shape index (κ1) is 25.8. The van der Waals surface area contributed by atoms with Gasteiger partial charge >= 0.3 is 12.3 Å². The molecule has 1 unspecified atom stereocenters. The predicted octanol–water partition coefficient (Wildman–Crippen LogP) is 3.95. The number of likely N-dealkylation sites (tertiary alicyclic amines) is 1. The van der Waals surface area contributed by atoms with Crippen molar-refractivity contribution < 1.29 is 27.4 Å². The zero-order valence-corrected chi connectivity index (χ0v) is 20.0. The first-order chi connectivity index (χ1) is 16.0. The lowest BCUT2D eigenvalue weighted by atomic mass is 10.1. The number of rotatable bonds is 6. The number of benzene rings is 1. The van der Waals surface area contributed by atoms with E-state index < -0.39 is 23.4 Å². The van der Waals surface area contributed by atoms with E-state index in [0.717, 1.165) is 12.1 Å². The van der Waals surface area contributed by atoms with Gasteiger partial charge < -0.3 is 19.7 Å². The number of nitrogens with zero attached hydrogens (tertiary/aromatic N) is 3. The molecule has 1 aromatic heterocycles. The standard InChI is InChI=1S/C22H26ClF3N4O4/c1-5-15-18(27-16-10-30(21(32)33-4)11-17(16)34-6-2)20(31)29(3)19(28-15)13-8-7-12(9-14(13)23)22(24,25)26/h7-9,16-17,27H,5-6,10-11H2,1-4H3/t16?,17-/m0/s1. The molecule has 0 saturated carbocycles. The average molecular weight is 503 g/mol. The molecule has 3 rings (SSSR count). The molecule has 8 nitrogen and oxygen atoms in total. The summed E-state index contributed by atoms with van der Waals surface area (Å²) in [7, 11) is 2.76. The van der Waals surface area contributed by atoms with Gasteiger partial charge in [0.15, 0.2) is 0 Å². The van der Waals surface area contributed by atoms with Crippen LogP contribution in [0.3, 0.4) is 0 Å². The highest BCUT2D eigenvalue weighted by Gasteiger charge is 2.37. The Morgan fingerprint density at radius 1 is 1.29 bits per heavy atom. The third-order valence-corrected chi connectivity index (χ3v) is 5.96. The number of nitrogens with one attached hydrogen (secondary N) is 1. The zero-order valence-electron chi connectivity index (χ0n) is 19.2. The molecular formula is C22H26ClF3N4O4. The first-order valence-corrected chi connectivity index (χ1v) is 11.1. The Bertz CT molecular complexity index is 1120. The van der Waals surface area contributed by atoms with Gasteiger partial charge in [0.1, 0.15) is 11.5 Å². The van der Waals surface area contributed by atoms with Gasteiger partial charge in [-0.2, -0.15) is 13.2 Å². The highest BCUT2D eigenvalue weighted by Crippen LogP contribution is 2.35. The van der Waals surface area contributed by atoms with E-state index in [1.807, 2.05) is 6.92 Å². The van der Waals surface area contributed by atoms with Crippen molar-refractivity contribution in [2.24, 2.45) is 7.05 Å². The normalized spacial score (nSPS) is 18.3. The monoisotopic (exact) mass is 502 g/mol. The largest absolute Gasteiger partial charge is 0.453 e. The molecule has 0 radical (unpaired) electrons. The number of aryl methyl sites for hydroxylation is 1. The van der Waals surface area contributed by atoms with Gasteiger partial charge in [0.05, 0.1) is 42.1 Å². The molecule has 0 aliphatic carbocycles. The molecule has 0 spiro atoms. The number of ether oxygens (including phenoxy) is 2. The van der Waals surface area contributed by atoms with Gasteiger partial charge in [0.25, 0.3) is 5.56 Å². The van der Waals surface area contributed by atoms with E-state index in [2.05, 4.69) is 10.3 Å². The van der Waals surface area contributed by atoms with Crippen molar-refractivity contribution in [3.8, 4) is 11.4 Å². The molecule has 2 heterocycles. The molecule has 186 valence electrons. The molecule has 1 amide bonds. The lowest BCUT2D eigenvalue weighted by Crippen LogP contribution is -2.38. The SMILES string of the molecule is CCO[C@H]1CN(C(=O)OC)CC1Nc1c(CC)nc(-c2ccc(C(F)(F)F)cc2Cl)n(C)c1=O. The van der Waals surface area contributed by atoms with Crippen LogP contribution in [0.5, 0.6) is 0 Å². The van der Waals surface area contributed by atoms with Crippen molar-refractivity contribution in [3.63, 3.8) is 0 Å². The lowest BCUT2D eigenvalue weighted by molar-refractivity contribution is -0.137. The van der Waals surface area contributed by atoms with Crippen LogP contribution in [0.2, 0.25) is 5.02 Å². The summed E-state index contributed by atoms with van der Waals surface area (Å²) in [5.41, 5.74) is -0.456. The molecule has 1 saturated heterocycles. The zero-order chi connectivity index (χ0) is 25.2. The molecular weight excluding hydrogens is 477 g/mol. The van der Waals surface area contributed by atoms with E-state index in [1.54, 1.807) is 6.92 Å². The van der Waals surface area contributed by atoms with E-state index in [9.17, 15) is 22.8 Å². The third-order valence-electron chi connectivity index (χ3n) is 5.65. The van der Waals surface area contributed by atoms with Gasteiger partial charge in [-0.15, -0.1) is 0 Å².